The molecule has 3 aromatic rings. The number of benzene rings is 2. The van der Waals surface area contributed by atoms with Gasteiger partial charge >= 0.3 is 5.97 Å². The fourth-order valence-corrected chi connectivity index (χ4v) is 4.33. The molecule has 7 nitrogen and oxygen atoms in total. The predicted octanol–water partition coefficient (Wildman–Crippen LogP) is 3.64. The van der Waals surface area contributed by atoms with Gasteiger partial charge in [-0.2, -0.15) is 0 Å². The third kappa shape index (κ3) is 5.59. The van der Waals surface area contributed by atoms with E-state index in [1.807, 2.05) is 48.5 Å². The lowest BCUT2D eigenvalue weighted by molar-refractivity contribution is -0.153. The largest absolute Gasteiger partial charge is 0.453 e. The van der Waals surface area contributed by atoms with Gasteiger partial charge in [-0.05, 0) is 43.3 Å². The van der Waals surface area contributed by atoms with Crippen molar-refractivity contribution in [2.75, 3.05) is 36.5 Å². The summed E-state index contributed by atoms with van der Waals surface area (Å²) >= 11 is 1.57. The Morgan fingerprint density at radius 3 is 2.65 bits per heavy atom. The highest BCUT2D eigenvalue weighted by Gasteiger charge is 2.19. The molecule has 1 aromatic heterocycles. The molecule has 2 heterocycles. The number of hydrogen-bond acceptors (Lipinski definition) is 7. The quantitative estimate of drug-likeness (QED) is 0.566. The minimum atomic E-state index is -0.873. The van der Waals surface area contributed by atoms with Crippen LogP contribution in [-0.4, -0.2) is 49.3 Å². The van der Waals surface area contributed by atoms with Crippen molar-refractivity contribution in [1.29, 1.82) is 0 Å². The molecular weight excluding hydrogens is 414 g/mol. The molecule has 1 aliphatic heterocycles. The zero-order valence-electron chi connectivity index (χ0n) is 17.4. The number of anilines is 2. The molecule has 0 unspecified atom stereocenters. The molecule has 8 heteroatoms. The van der Waals surface area contributed by atoms with Crippen molar-refractivity contribution in [2.24, 2.45) is 0 Å². The average molecular weight is 440 g/mol. The molecule has 4 rings (SSSR count). The van der Waals surface area contributed by atoms with E-state index in [9.17, 15) is 9.59 Å². The normalized spacial score (nSPS) is 14.9. The Hall–Kier alpha value is -2.97. The summed E-state index contributed by atoms with van der Waals surface area (Å²) < 4.78 is 11.8. The van der Waals surface area contributed by atoms with Gasteiger partial charge in [-0.25, -0.2) is 4.98 Å². The number of hydrogen-bond donors (Lipinski definition) is 1. The number of thiazole rings is 1. The summed E-state index contributed by atoms with van der Waals surface area (Å²) in [6, 6.07) is 15.5. The Labute approximate surface area is 185 Å². The Morgan fingerprint density at radius 1 is 1.16 bits per heavy atom. The number of ether oxygens (including phenoxy) is 2. The molecule has 0 bridgehead atoms. The van der Waals surface area contributed by atoms with E-state index in [1.165, 1.54) is 0 Å². The molecule has 162 valence electrons. The molecule has 0 radical (unpaired) electrons. The lowest BCUT2D eigenvalue weighted by Gasteiger charge is -2.28. The summed E-state index contributed by atoms with van der Waals surface area (Å²) in [5.41, 5.74) is 2.69. The molecule has 1 amide bonds. The van der Waals surface area contributed by atoms with E-state index in [4.69, 9.17) is 9.47 Å². The van der Waals surface area contributed by atoms with Gasteiger partial charge in [0, 0.05) is 30.9 Å². The first-order chi connectivity index (χ1) is 15.1. The maximum atomic E-state index is 12.4. The van der Waals surface area contributed by atoms with Crippen molar-refractivity contribution in [3.8, 4) is 0 Å². The second-order valence-corrected chi connectivity index (χ2v) is 8.46. The summed E-state index contributed by atoms with van der Waals surface area (Å²) in [5, 5.41) is 3.68. The Bertz CT molecular complexity index is 1010. The fraction of sp³-hybridized carbons (Fsp3) is 0.348. The highest BCUT2D eigenvalue weighted by molar-refractivity contribution is 7.18. The van der Waals surface area contributed by atoms with Crippen LogP contribution in [0.3, 0.4) is 0 Å². The van der Waals surface area contributed by atoms with Crippen molar-refractivity contribution in [1.82, 2.24) is 4.98 Å². The summed E-state index contributed by atoms with van der Waals surface area (Å²) in [6.45, 7) is 4.74. The number of amides is 1. The van der Waals surface area contributed by atoms with Gasteiger partial charge in [0.2, 0.25) is 0 Å². The summed E-state index contributed by atoms with van der Waals surface area (Å²) in [5.74, 6) is -0.767. The van der Waals surface area contributed by atoms with Gasteiger partial charge in [0.1, 0.15) is 0 Å². The van der Waals surface area contributed by atoms with Gasteiger partial charge in [0.05, 0.1) is 34.9 Å². The number of nitrogens with zero attached hydrogens (tertiary/aromatic N) is 2. The molecular formula is C23H25N3O4S. The lowest BCUT2D eigenvalue weighted by Crippen LogP contribution is -2.36. The van der Waals surface area contributed by atoms with Crippen LogP contribution >= 0.6 is 11.3 Å². The Balaban J connectivity index is 1.24. The summed E-state index contributed by atoms with van der Waals surface area (Å²) in [4.78, 5) is 31.3. The smallest absolute Gasteiger partial charge is 0.306 e. The van der Waals surface area contributed by atoms with Crippen molar-refractivity contribution >= 4 is 44.8 Å². The highest BCUT2D eigenvalue weighted by atomic mass is 32.1. The number of para-hydroxylation sites is 1. The number of nitrogens with one attached hydrogen (secondary N) is 1. The van der Waals surface area contributed by atoms with Gasteiger partial charge in [-0.15, -0.1) is 11.3 Å². The standard InChI is InChI=1S/C23H25N3O4S/c1-16(30-22(27)11-10-21-25-19-4-2-3-5-20(19)31-21)23(28)24-17-6-8-18(9-7-17)26-12-14-29-15-13-26/h2-9,16H,10-15H2,1H3,(H,24,28)/t16-/m1/s1. The number of morpholine rings is 1. The third-order valence-corrected chi connectivity index (χ3v) is 6.17. The van der Waals surface area contributed by atoms with Crippen LogP contribution in [-0.2, 0) is 25.5 Å². The van der Waals surface area contributed by atoms with Crippen molar-refractivity contribution in [3.63, 3.8) is 0 Å². The van der Waals surface area contributed by atoms with E-state index in [0.717, 1.165) is 47.2 Å². The maximum Gasteiger partial charge on any atom is 0.306 e. The number of aryl methyl sites for hydroxylation is 1. The third-order valence-electron chi connectivity index (χ3n) is 5.07. The van der Waals surface area contributed by atoms with Gasteiger partial charge in [-0.3, -0.25) is 9.59 Å². The van der Waals surface area contributed by atoms with Crippen LogP contribution in [0.5, 0.6) is 0 Å². The molecule has 0 spiro atoms. The number of carbonyl (C=O) groups excluding carboxylic acids is 2. The van der Waals surface area contributed by atoms with Gasteiger partial charge in [0.15, 0.2) is 6.10 Å². The monoisotopic (exact) mass is 439 g/mol. The average Bonchev–Trinajstić information content (AvgIpc) is 3.22. The van der Waals surface area contributed by atoms with Crippen LogP contribution in [0.25, 0.3) is 10.2 Å². The van der Waals surface area contributed by atoms with Crippen LogP contribution in [0.15, 0.2) is 48.5 Å². The molecule has 0 aliphatic carbocycles. The van der Waals surface area contributed by atoms with E-state index in [-0.39, 0.29) is 12.3 Å². The Kier molecular flexibility index (Phi) is 6.79. The minimum Gasteiger partial charge on any atom is -0.453 e. The van der Waals surface area contributed by atoms with Crippen molar-refractivity contribution < 1.29 is 19.1 Å². The van der Waals surface area contributed by atoms with Crippen LogP contribution in [0.1, 0.15) is 18.4 Å². The number of fused-ring (bicyclic) bond motifs is 1. The minimum absolute atomic E-state index is 0.186. The zero-order valence-corrected chi connectivity index (χ0v) is 18.2. The van der Waals surface area contributed by atoms with Gasteiger partial charge in [0.25, 0.3) is 5.91 Å². The Morgan fingerprint density at radius 2 is 1.90 bits per heavy atom. The van der Waals surface area contributed by atoms with Crippen LogP contribution < -0.4 is 10.2 Å². The predicted molar refractivity (Wildman–Crippen MR) is 122 cm³/mol. The molecule has 1 fully saturated rings. The van der Waals surface area contributed by atoms with Crippen LogP contribution in [0.2, 0.25) is 0 Å². The van der Waals surface area contributed by atoms with E-state index >= 15 is 0 Å². The summed E-state index contributed by atoms with van der Waals surface area (Å²) in [7, 11) is 0. The number of aromatic nitrogens is 1. The first kappa shape index (κ1) is 21.3. The van der Waals surface area contributed by atoms with Crippen LogP contribution in [0.4, 0.5) is 11.4 Å². The van der Waals surface area contributed by atoms with Gasteiger partial charge < -0.3 is 19.7 Å². The number of esters is 1. The zero-order chi connectivity index (χ0) is 21.6. The first-order valence-electron chi connectivity index (χ1n) is 10.4. The molecule has 1 N–H and O–H groups in total. The van der Waals surface area contributed by atoms with E-state index in [0.29, 0.717) is 12.1 Å². The van der Waals surface area contributed by atoms with Gasteiger partial charge in [-0.1, -0.05) is 12.1 Å². The van der Waals surface area contributed by atoms with Crippen molar-refractivity contribution in [3.05, 3.63) is 53.5 Å². The second kappa shape index (κ2) is 9.89. The van der Waals surface area contributed by atoms with E-state index < -0.39 is 12.1 Å². The lowest BCUT2D eigenvalue weighted by atomic mass is 10.2. The second-order valence-electron chi connectivity index (χ2n) is 7.34. The molecule has 31 heavy (non-hydrogen) atoms. The van der Waals surface area contributed by atoms with Crippen LogP contribution in [0, 0.1) is 0 Å². The number of carbonyl (C=O) groups is 2. The first-order valence-corrected chi connectivity index (χ1v) is 11.2. The van der Waals surface area contributed by atoms with E-state index in [1.54, 1.807) is 18.3 Å². The topological polar surface area (TPSA) is 80.8 Å². The van der Waals surface area contributed by atoms with E-state index in [2.05, 4.69) is 15.2 Å². The maximum absolute atomic E-state index is 12.4. The molecule has 1 atom stereocenters. The SMILES string of the molecule is C[C@@H](OC(=O)CCc1nc2ccccc2s1)C(=O)Nc1ccc(N2CCOCC2)cc1. The molecule has 0 saturated carbocycles. The fourth-order valence-electron chi connectivity index (χ4n) is 3.37. The summed E-state index contributed by atoms with van der Waals surface area (Å²) in [6.07, 6.45) is -0.192. The molecule has 2 aromatic carbocycles. The number of rotatable bonds is 7. The molecule has 1 saturated heterocycles. The highest BCUT2D eigenvalue weighted by Crippen LogP contribution is 2.23. The molecule has 1 aliphatic rings. The van der Waals surface area contributed by atoms with Crippen molar-refractivity contribution in [2.45, 2.75) is 25.9 Å².